The highest BCUT2D eigenvalue weighted by atomic mass is 32.1. The molecule has 0 amide bonds. The van der Waals surface area contributed by atoms with Crippen LogP contribution in [0, 0.1) is 83.7 Å². The quantitative estimate of drug-likeness (QED) is 0.0616. The number of hydrogen-bond donors (Lipinski definition) is 0. The minimum atomic E-state index is -1.33. The number of carbonyl (C=O) groups is 12. The van der Waals surface area contributed by atoms with Gasteiger partial charge >= 0.3 is 30.0 Å². The molecule has 7 aliphatic heterocycles. The molecule has 616 valence electrons. The number of cyclic esters (lactones) is 6. The van der Waals surface area contributed by atoms with Gasteiger partial charge in [-0.2, -0.15) is 26.3 Å². The standard InChI is InChI=1S/C18H18N2O4.C18H20N2O3.C18H18N2S4.C17H18N2O5.C17H20N2O4/c1-18(2)7-10(13-14(21)16(23)17(24)15(13)22)11(9-19)12(8-18)20-5-3-4-6-20;1-18(2)8-11(16-14(21)7-15(22)17(16)23)12(10-19)13(9-18)20-5-3-4-6-20;1-18(2)7-10(13-14(21)16(23)17(24)15(13)22)11(9-19)12(8-18)20-5-3-4-6-20;1-17(2)7-10(13-14(20)23-16(22)24-15(13)21)11(9-18)12(8-17)19-5-3-4-6-19;1-17(2)7-11(14-15(20)22-10-23-16(14)21)12(9-18)13(8-17)19-5-3-4-6-19/h3-8H2,1-2H3;3-9H2,1-2H3;2*3-8H2,1-2H3;3-8,10H2,1-2H3/b;16-11-;;;. The highest BCUT2D eigenvalue weighted by Crippen LogP contribution is 2.51. The van der Waals surface area contributed by atoms with Crippen molar-refractivity contribution in [2.45, 2.75) is 204 Å². The Bertz CT molecular complexity index is 4930. The summed E-state index contributed by atoms with van der Waals surface area (Å²) in [5.74, 6) is -9.97. The molecule has 10 fully saturated rings. The van der Waals surface area contributed by atoms with Crippen LogP contribution in [-0.2, 0) is 71.7 Å². The molecule has 3 saturated carbocycles. The highest BCUT2D eigenvalue weighted by Gasteiger charge is 2.50. The third-order valence-electron chi connectivity index (χ3n) is 23.7. The van der Waals surface area contributed by atoms with Gasteiger partial charge in [-0.3, -0.25) is 33.6 Å². The van der Waals surface area contributed by atoms with Gasteiger partial charge in [0.05, 0.1) is 64.9 Å². The third kappa shape index (κ3) is 18.3. The summed E-state index contributed by atoms with van der Waals surface area (Å²) < 4.78 is 18.5. The van der Waals surface area contributed by atoms with Crippen LogP contribution >= 0.6 is 48.9 Å². The lowest BCUT2D eigenvalue weighted by Gasteiger charge is -2.37. The average molecular weight is 1680 g/mol. The first kappa shape index (κ1) is 88.3. The number of nitrogens with zero attached hydrogens (tertiary/aromatic N) is 10. The summed E-state index contributed by atoms with van der Waals surface area (Å²) in [5, 5.41) is 48.6. The summed E-state index contributed by atoms with van der Waals surface area (Å²) in [6.07, 6.45) is 15.4. The Morgan fingerprint density at radius 2 is 0.517 bits per heavy atom. The van der Waals surface area contributed by atoms with Crippen LogP contribution in [-0.4, -0.2) is 187 Å². The fourth-order valence-corrected chi connectivity index (χ4v) is 19.7. The number of likely N-dealkylation sites (tertiary alicyclic amines) is 5. The topological polar surface area (TPSA) is 377 Å². The Labute approximate surface area is 707 Å². The number of esters is 4. The number of ether oxygens (including phenoxy) is 4. The fraction of sp³-hybridized carbons (Fsp3) is 0.534. The Morgan fingerprint density at radius 1 is 0.280 bits per heavy atom. The minimum Gasteiger partial charge on any atom is -0.424 e. The lowest BCUT2D eigenvalue weighted by Crippen LogP contribution is -2.35. The number of carbonyl (C=O) groups excluding carboxylic acids is 12. The van der Waals surface area contributed by atoms with E-state index in [1.165, 1.54) is 12.8 Å². The fourth-order valence-electron chi connectivity index (χ4n) is 18.5. The molecule has 7 heterocycles. The third-order valence-corrected chi connectivity index (χ3v) is 25.8. The molecule has 7 saturated heterocycles. The number of Topliss-reactive ketones (excluding diaryl/α,β-unsaturated/α-hetero) is 7. The molecule has 0 aromatic heterocycles. The van der Waals surface area contributed by atoms with E-state index in [1.807, 2.05) is 27.7 Å². The predicted octanol–water partition coefficient (Wildman–Crippen LogP) is 12.1. The maximum atomic E-state index is 12.1. The molecule has 118 heavy (non-hydrogen) atoms. The second kappa shape index (κ2) is 35.2. The van der Waals surface area contributed by atoms with Gasteiger partial charge in [-0.25, -0.2) is 24.0 Å². The molecule has 0 aromatic carbocycles. The molecule has 0 atom stereocenters. The van der Waals surface area contributed by atoms with Crippen LogP contribution in [0.15, 0.2) is 112 Å². The van der Waals surface area contributed by atoms with Crippen molar-refractivity contribution < 1.29 is 76.5 Å². The van der Waals surface area contributed by atoms with Crippen molar-refractivity contribution in [3.63, 3.8) is 0 Å². The molecule has 15 rings (SSSR count). The molecule has 0 bridgehead atoms. The largest absolute Gasteiger partial charge is 0.524 e. The first-order valence-electron chi connectivity index (χ1n) is 40.0. The van der Waals surface area contributed by atoms with E-state index < -0.39 is 70.5 Å². The summed E-state index contributed by atoms with van der Waals surface area (Å²) in [6.45, 7) is 29.5. The Morgan fingerprint density at radius 3 is 0.763 bits per heavy atom. The summed E-state index contributed by atoms with van der Waals surface area (Å²) in [7, 11) is 0. The van der Waals surface area contributed by atoms with Gasteiger partial charge in [0.1, 0.15) is 35.9 Å². The number of ketones is 7. The van der Waals surface area contributed by atoms with Crippen molar-refractivity contribution in [3.05, 3.63) is 112 Å². The lowest BCUT2D eigenvalue weighted by molar-refractivity contribution is -0.173. The van der Waals surface area contributed by atoms with E-state index in [4.69, 9.17) is 58.3 Å². The molecule has 0 radical (unpaired) electrons. The van der Waals surface area contributed by atoms with Crippen molar-refractivity contribution in [1.29, 1.82) is 26.3 Å². The van der Waals surface area contributed by atoms with Crippen LogP contribution in [0.5, 0.6) is 0 Å². The van der Waals surface area contributed by atoms with Crippen LogP contribution in [0.2, 0.25) is 0 Å². The van der Waals surface area contributed by atoms with Gasteiger partial charge in [0, 0.05) is 99.5 Å². The molecule has 8 aliphatic carbocycles. The number of allylic oxidation sites excluding steroid dienone is 18. The first-order chi connectivity index (χ1) is 55.6. The van der Waals surface area contributed by atoms with E-state index in [9.17, 15) is 83.8 Å². The summed E-state index contributed by atoms with van der Waals surface area (Å²) in [5.41, 5.74) is 8.60. The van der Waals surface area contributed by atoms with Crippen LogP contribution < -0.4 is 0 Å². The van der Waals surface area contributed by atoms with E-state index in [1.54, 1.807) is 0 Å². The molecule has 0 unspecified atom stereocenters. The van der Waals surface area contributed by atoms with E-state index in [0.29, 0.717) is 91.4 Å². The zero-order chi connectivity index (χ0) is 86.2. The van der Waals surface area contributed by atoms with E-state index >= 15 is 0 Å². The van der Waals surface area contributed by atoms with E-state index in [2.05, 4.69) is 106 Å². The van der Waals surface area contributed by atoms with Gasteiger partial charge in [0.25, 0.3) is 11.6 Å². The highest BCUT2D eigenvalue weighted by molar-refractivity contribution is 8.00. The van der Waals surface area contributed by atoms with E-state index in [-0.39, 0.29) is 73.7 Å². The normalized spacial score (nSPS) is 25.0. The summed E-state index contributed by atoms with van der Waals surface area (Å²) in [6, 6.07) is 11.1. The zero-order valence-electron chi connectivity index (χ0n) is 68.3. The number of thiocarbonyl (C=S) groups is 4. The van der Waals surface area contributed by atoms with Crippen LogP contribution in [0.25, 0.3) is 0 Å². The van der Waals surface area contributed by atoms with Crippen molar-refractivity contribution >= 4 is 139 Å². The Balaban J connectivity index is 0.000000145. The zero-order valence-corrected chi connectivity index (χ0v) is 71.5. The monoisotopic (exact) mass is 1670 g/mol. The molecule has 15 aliphatic rings. The predicted molar refractivity (Wildman–Crippen MR) is 442 cm³/mol. The molecule has 0 N–H and O–H groups in total. The van der Waals surface area contributed by atoms with Gasteiger partial charge in [0.15, 0.2) is 11.4 Å². The van der Waals surface area contributed by atoms with Crippen molar-refractivity contribution in [1.82, 2.24) is 24.5 Å². The first-order valence-corrected chi connectivity index (χ1v) is 41.6. The second-order valence-electron chi connectivity index (χ2n) is 36.0. The van der Waals surface area contributed by atoms with Gasteiger partial charge in [-0.1, -0.05) is 118 Å². The average Bonchev–Trinajstić information content (AvgIpc) is 1.43. The molecular formula is C88H94N10O16S4. The molecule has 0 spiro atoms. The number of rotatable bonds is 5. The second-order valence-corrected chi connectivity index (χ2v) is 37.6. The van der Waals surface area contributed by atoms with Crippen LogP contribution in [0.4, 0.5) is 4.79 Å². The van der Waals surface area contributed by atoms with Crippen molar-refractivity contribution in [2.75, 3.05) is 72.2 Å². The molecule has 26 nitrogen and oxygen atoms in total. The van der Waals surface area contributed by atoms with Crippen LogP contribution in [0.1, 0.15) is 204 Å². The van der Waals surface area contributed by atoms with Gasteiger partial charge in [-0.05, 0) is 183 Å². The van der Waals surface area contributed by atoms with Crippen LogP contribution in [0.3, 0.4) is 0 Å². The smallest absolute Gasteiger partial charge is 0.424 e. The maximum absolute atomic E-state index is 12.1. The van der Waals surface area contributed by atoms with Crippen molar-refractivity contribution in [3.8, 4) is 30.3 Å². The minimum absolute atomic E-state index is 0.0315. The van der Waals surface area contributed by atoms with Gasteiger partial charge < -0.3 is 43.4 Å². The Hall–Kier alpha value is -10.6. The summed E-state index contributed by atoms with van der Waals surface area (Å²) in [4.78, 5) is 156. The Kier molecular flexibility index (Phi) is 26.3. The lowest BCUT2D eigenvalue weighted by atomic mass is 9.72. The summed E-state index contributed by atoms with van der Waals surface area (Å²) >= 11 is 21.7. The number of hydrogen-bond acceptors (Lipinski definition) is 30. The number of nitriles is 5. The molecular weight excluding hydrogens is 1580 g/mol. The van der Waals surface area contributed by atoms with Gasteiger partial charge in [-0.15, -0.1) is 0 Å². The van der Waals surface area contributed by atoms with Crippen molar-refractivity contribution in [2.24, 2.45) is 27.1 Å². The molecule has 0 aromatic rings. The SMILES string of the molecule is CC1(C)CC(=C2C(=O)C(=O)C(=O)C2=O)C(C#N)=C(N2CCCC2)C1.CC1(C)CC(=C2C(=O)OC(=O)OC2=O)C(C#N)=C(N2CCCC2)C1.CC1(C)CC(=C2C(=O)OCOC2=O)C(C#N)=C(N2CCCC2)C1.CC1(C)CC(=C2C(=S)C(=S)C(=S)C2=S)C(C#N)=C(N2CCCC2)C1.CC1(C)CC(N2CCCC2)=C(C#N)/C(=C2/C(=O)CC(=O)C2=O)C1. The van der Waals surface area contributed by atoms with E-state index in [0.717, 1.165) is 188 Å². The maximum Gasteiger partial charge on any atom is 0.524 e. The van der Waals surface area contributed by atoms with Gasteiger partial charge in [0.2, 0.25) is 29.9 Å². The molecule has 30 heteroatoms.